The van der Waals surface area contributed by atoms with Crippen molar-refractivity contribution in [1.82, 2.24) is 20.7 Å². The quantitative estimate of drug-likeness (QED) is 0.232. The van der Waals surface area contributed by atoms with Crippen LogP contribution < -0.4 is 10.8 Å². The fraction of sp³-hybridized carbons (Fsp3) is 0.619. The minimum atomic E-state index is -0.189. The van der Waals surface area contributed by atoms with Gasteiger partial charge < -0.3 is 10.2 Å². The molecule has 2 aliphatic rings. The molecule has 0 saturated carbocycles. The van der Waals surface area contributed by atoms with E-state index in [1.54, 1.807) is 6.08 Å². The summed E-state index contributed by atoms with van der Waals surface area (Å²) in [7, 11) is 2.09. The van der Waals surface area contributed by atoms with E-state index in [2.05, 4.69) is 41.7 Å². The van der Waals surface area contributed by atoms with Crippen LogP contribution in [0.1, 0.15) is 52.4 Å². The Hall–Kier alpha value is -2.12. The number of likely N-dealkylation sites (N-methyl/N-ethyl adjacent to an activating group) is 1. The van der Waals surface area contributed by atoms with Crippen LogP contribution in [0.3, 0.4) is 0 Å². The number of hydrogen-bond acceptors (Lipinski definition) is 5. The number of carbonyl (C=O) groups excluding carboxylic acids is 1. The zero-order valence-corrected chi connectivity index (χ0v) is 17.4. The molecule has 0 bridgehead atoms. The average molecular weight is 390 g/mol. The molecule has 3 N–H and O–H groups in total. The van der Waals surface area contributed by atoms with Crippen LogP contribution in [0.2, 0.25) is 0 Å². The topological polar surface area (TPSA) is 80.2 Å². The minimum Gasteiger partial charge on any atom is -0.368 e. The van der Waals surface area contributed by atoms with E-state index in [4.69, 9.17) is 0 Å². The zero-order chi connectivity index (χ0) is 20.4. The molecule has 1 heterocycles. The Morgan fingerprint density at radius 1 is 1.43 bits per heavy atom. The zero-order valence-electron chi connectivity index (χ0n) is 17.4. The Morgan fingerprint density at radius 3 is 2.89 bits per heavy atom. The molecule has 2 rings (SSSR count). The number of hydrazone groups is 1. The van der Waals surface area contributed by atoms with Crippen LogP contribution in [0.25, 0.3) is 0 Å². The summed E-state index contributed by atoms with van der Waals surface area (Å²) in [6.07, 6.45) is 14.4. The Morgan fingerprint density at radius 2 is 2.25 bits per heavy atom. The molecule has 0 saturated heterocycles. The molecule has 1 aliphatic carbocycles. The molecule has 0 fully saturated rings. The highest BCUT2D eigenvalue weighted by Crippen LogP contribution is 2.13. The van der Waals surface area contributed by atoms with Gasteiger partial charge in [-0.1, -0.05) is 51.3 Å². The number of amides is 1. The van der Waals surface area contributed by atoms with E-state index in [0.717, 1.165) is 30.7 Å². The van der Waals surface area contributed by atoms with Gasteiger partial charge in [0.25, 0.3) is 5.91 Å². The van der Waals surface area contributed by atoms with Crippen LogP contribution in [0.4, 0.5) is 0 Å². The van der Waals surface area contributed by atoms with Crippen LogP contribution in [0.5, 0.6) is 0 Å². The summed E-state index contributed by atoms with van der Waals surface area (Å²) < 4.78 is 0. The standard InChI is InChI=1S/C21H35N5O2/c1-4-5-7-10-17(2)14-25(3)15-19-13-20(27)26(16-22-19)23-21(24-28)18-11-8-6-9-12-18/h8,11-13,17,22,28H,4-7,9-10,14-16H2,1-3H3,(H,23,24). The van der Waals surface area contributed by atoms with E-state index in [-0.39, 0.29) is 18.4 Å². The van der Waals surface area contributed by atoms with Crippen molar-refractivity contribution in [3.8, 4) is 0 Å². The van der Waals surface area contributed by atoms with E-state index < -0.39 is 0 Å². The second-order valence-electron chi connectivity index (χ2n) is 7.74. The first-order chi connectivity index (χ1) is 13.5. The highest BCUT2D eigenvalue weighted by Gasteiger charge is 2.20. The molecule has 1 aliphatic heterocycles. The molecule has 7 heteroatoms. The monoisotopic (exact) mass is 389 g/mol. The highest BCUT2D eigenvalue weighted by atomic mass is 16.5. The highest BCUT2D eigenvalue weighted by molar-refractivity contribution is 6.01. The first-order valence-corrected chi connectivity index (χ1v) is 10.3. The lowest BCUT2D eigenvalue weighted by Crippen LogP contribution is -2.43. The lowest BCUT2D eigenvalue weighted by Gasteiger charge is -2.28. The molecule has 1 unspecified atom stereocenters. The van der Waals surface area contributed by atoms with Crippen molar-refractivity contribution in [3.05, 3.63) is 35.6 Å². The normalized spacial score (nSPS) is 18.7. The summed E-state index contributed by atoms with van der Waals surface area (Å²) >= 11 is 0. The molecule has 0 aromatic heterocycles. The number of allylic oxidation sites excluding steroid dienone is 2. The molecule has 1 atom stereocenters. The largest absolute Gasteiger partial charge is 0.368 e. The van der Waals surface area contributed by atoms with Crippen LogP contribution in [-0.4, -0.2) is 53.7 Å². The number of unbranched alkanes of at least 4 members (excludes halogenated alkanes) is 2. The van der Waals surface area contributed by atoms with Gasteiger partial charge in [0.1, 0.15) is 6.67 Å². The average Bonchev–Trinajstić information content (AvgIpc) is 2.68. The summed E-state index contributed by atoms with van der Waals surface area (Å²) in [6.45, 7) is 6.52. The number of hydroxylamine groups is 1. The third kappa shape index (κ3) is 7.13. The molecule has 0 aromatic carbocycles. The second-order valence-corrected chi connectivity index (χ2v) is 7.74. The molecular weight excluding hydrogens is 354 g/mol. The summed E-state index contributed by atoms with van der Waals surface area (Å²) in [5.41, 5.74) is 3.79. The number of nitrogens with one attached hydrogen (secondary N) is 2. The Kier molecular flexibility index (Phi) is 9.23. The van der Waals surface area contributed by atoms with Crippen molar-refractivity contribution in [1.29, 1.82) is 0 Å². The van der Waals surface area contributed by atoms with Crippen LogP contribution >= 0.6 is 0 Å². The van der Waals surface area contributed by atoms with Gasteiger partial charge >= 0.3 is 0 Å². The molecule has 0 spiro atoms. The van der Waals surface area contributed by atoms with Crippen molar-refractivity contribution in [2.24, 2.45) is 11.0 Å². The second kappa shape index (κ2) is 11.7. The third-order valence-corrected chi connectivity index (χ3v) is 4.97. The number of rotatable bonds is 10. The van der Waals surface area contributed by atoms with Crippen molar-refractivity contribution in [2.75, 3.05) is 26.8 Å². The third-order valence-electron chi connectivity index (χ3n) is 4.97. The number of amidine groups is 1. The predicted octanol–water partition coefficient (Wildman–Crippen LogP) is 2.98. The van der Waals surface area contributed by atoms with Crippen LogP contribution in [-0.2, 0) is 4.79 Å². The van der Waals surface area contributed by atoms with E-state index >= 15 is 0 Å². The summed E-state index contributed by atoms with van der Waals surface area (Å²) in [4.78, 5) is 14.7. The maximum atomic E-state index is 12.5. The summed E-state index contributed by atoms with van der Waals surface area (Å²) in [5, 5.41) is 18.2. The molecule has 28 heavy (non-hydrogen) atoms. The lowest BCUT2D eigenvalue weighted by atomic mass is 10.0. The van der Waals surface area contributed by atoms with E-state index in [1.807, 2.05) is 18.2 Å². The molecule has 0 radical (unpaired) electrons. The van der Waals surface area contributed by atoms with Gasteiger partial charge in [0.2, 0.25) is 0 Å². The number of hydrogen-bond donors (Lipinski definition) is 3. The fourth-order valence-electron chi connectivity index (χ4n) is 3.49. The maximum Gasteiger partial charge on any atom is 0.270 e. The van der Waals surface area contributed by atoms with Gasteiger partial charge in [-0.3, -0.25) is 15.5 Å². The molecular formula is C21H35N5O2. The van der Waals surface area contributed by atoms with Crippen molar-refractivity contribution in [3.63, 3.8) is 0 Å². The number of nitrogens with zero attached hydrogens (tertiary/aromatic N) is 3. The Labute approximate surface area is 168 Å². The van der Waals surface area contributed by atoms with E-state index in [9.17, 15) is 10.0 Å². The van der Waals surface area contributed by atoms with Gasteiger partial charge in [0.15, 0.2) is 5.84 Å². The van der Waals surface area contributed by atoms with Crippen LogP contribution in [0.15, 0.2) is 40.7 Å². The van der Waals surface area contributed by atoms with Crippen molar-refractivity contribution in [2.45, 2.75) is 52.4 Å². The molecule has 0 aromatic rings. The first kappa shape index (κ1) is 22.2. The number of carbonyl (C=O) groups is 1. The fourth-order valence-corrected chi connectivity index (χ4v) is 3.49. The predicted molar refractivity (Wildman–Crippen MR) is 113 cm³/mol. The summed E-state index contributed by atoms with van der Waals surface area (Å²) in [5.74, 6) is 0.736. The molecule has 7 nitrogen and oxygen atoms in total. The smallest absolute Gasteiger partial charge is 0.270 e. The lowest BCUT2D eigenvalue weighted by molar-refractivity contribution is -0.127. The first-order valence-electron chi connectivity index (χ1n) is 10.3. The maximum absolute atomic E-state index is 12.5. The van der Waals surface area contributed by atoms with Gasteiger partial charge in [-0.05, 0) is 32.2 Å². The summed E-state index contributed by atoms with van der Waals surface area (Å²) in [6, 6.07) is 0. The Balaban J connectivity index is 1.88. The van der Waals surface area contributed by atoms with Gasteiger partial charge in [-0.25, -0.2) is 5.01 Å². The van der Waals surface area contributed by atoms with Gasteiger partial charge in [-0.15, -0.1) is 5.10 Å². The van der Waals surface area contributed by atoms with Crippen molar-refractivity contribution < 1.29 is 10.0 Å². The SMILES string of the molecule is CCCCCC(C)CN(C)CC1=CC(=O)N(/N=C(\NO)C2=CCCC=C2)CN1. The van der Waals surface area contributed by atoms with Gasteiger partial charge in [0, 0.05) is 30.4 Å². The van der Waals surface area contributed by atoms with E-state index in [1.165, 1.54) is 30.7 Å². The minimum absolute atomic E-state index is 0.189. The van der Waals surface area contributed by atoms with E-state index in [0.29, 0.717) is 12.5 Å². The molecule has 1 amide bonds. The van der Waals surface area contributed by atoms with Crippen molar-refractivity contribution >= 4 is 11.7 Å². The molecule has 156 valence electrons. The van der Waals surface area contributed by atoms with Gasteiger partial charge in [0.05, 0.1) is 0 Å². The van der Waals surface area contributed by atoms with Crippen LogP contribution in [0, 0.1) is 5.92 Å². The van der Waals surface area contributed by atoms with Gasteiger partial charge in [-0.2, -0.15) is 0 Å². The Bertz CT molecular complexity index is 639.